The summed E-state index contributed by atoms with van der Waals surface area (Å²) in [5.74, 6) is 0.801. The van der Waals surface area contributed by atoms with Gasteiger partial charge in [-0.25, -0.2) is 4.99 Å². The average molecular weight is 459 g/mol. The van der Waals surface area contributed by atoms with Crippen molar-refractivity contribution in [2.45, 2.75) is 39.7 Å². The van der Waals surface area contributed by atoms with Crippen LogP contribution in [0.2, 0.25) is 0 Å². The van der Waals surface area contributed by atoms with Gasteiger partial charge < -0.3 is 4.74 Å². The second-order valence-electron chi connectivity index (χ2n) is 9.57. The van der Waals surface area contributed by atoms with Gasteiger partial charge in [-0.1, -0.05) is 67.1 Å². The van der Waals surface area contributed by atoms with Gasteiger partial charge in [-0.05, 0) is 48.1 Å². The van der Waals surface area contributed by atoms with Crippen LogP contribution >= 0.6 is 11.3 Å². The first-order valence-electron chi connectivity index (χ1n) is 11.0. The predicted octanol–water partition coefficient (Wildman–Crippen LogP) is 3.92. The molecule has 1 atom stereocenters. The minimum Gasteiger partial charge on any atom is -0.497 e. The summed E-state index contributed by atoms with van der Waals surface area (Å²) in [4.78, 5) is 32.5. The van der Waals surface area contributed by atoms with Gasteiger partial charge in [0.25, 0.3) is 5.56 Å². The number of thiazole rings is 1. The summed E-state index contributed by atoms with van der Waals surface area (Å²) in [6.07, 6.45) is 3.07. The van der Waals surface area contributed by atoms with Gasteiger partial charge in [0.1, 0.15) is 5.75 Å². The third-order valence-corrected chi connectivity index (χ3v) is 7.25. The van der Waals surface area contributed by atoms with Crippen molar-refractivity contribution >= 4 is 23.2 Å². The van der Waals surface area contributed by atoms with Crippen molar-refractivity contribution in [3.8, 4) is 5.75 Å². The molecule has 6 heteroatoms. The summed E-state index contributed by atoms with van der Waals surface area (Å²) in [6, 6.07) is 15.2. The van der Waals surface area contributed by atoms with E-state index in [1.165, 1.54) is 11.3 Å². The van der Waals surface area contributed by atoms with Gasteiger partial charge in [0.05, 0.1) is 23.4 Å². The molecular formula is C27H26N2O3S. The van der Waals surface area contributed by atoms with Crippen LogP contribution in [0.15, 0.2) is 69.6 Å². The number of nitrogens with zero attached hydrogens (tertiary/aromatic N) is 2. The number of fused-ring (bicyclic) bond motifs is 1. The molecular weight excluding hydrogens is 432 g/mol. The Kier molecular flexibility index (Phi) is 5.20. The van der Waals surface area contributed by atoms with E-state index in [1.54, 1.807) is 11.7 Å². The molecule has 0 bridgehead atoms. The van der Waals surface area contributed by atoms with Crippen LogP contribution in [-0.4, -0.2) is 17.5 Å². The Balaban J connectivity index is 1.75. The van der Waals surface area contributed by atoms with E-state index >= 15 is 0 Å². The SMILES string of the molecule is COc1ccc(C2C3=C(CC(C)(C)CC3=O)N=c3sc(=Cc4cccc(C)c4)c(=O)n32)cc1. The normalized spacial score (nSPS) is 19.7. The number of carbonyl (C=O) groups excluding carboxylic acids is 1. The molecule has 0 N–H and O–H groups in total. The first-order valence-corrected chi connectivity index (χ1v) is 11.9. The zero-order valence-electron chi connectivity index (χ0n) is 19.2. The Morgan fingerprint density at radius 3 is 2.58 bits per heavy atom. The number of hydrogen-bond acceptors (Lipinski definition) is 5. The van der Waals surface area contributed by atoms with Gasteiger partial charge in [0, 0.05) is 12.0 Å². The van der Waals surface area contributed by atoms with Crippen molar-refractivity contribution in [1.82, 2.24) is 4.57 Å². The Morgan fingerprint density at radius 2 is 1.88 bits per heavy atom. The van der Waals surface area contributed by atoms with E-state index in [2.05, 4.69) is 19.9 Å². The number of methoxy groups -OCH3 is 1. The number of carbonyl (C=O) groups is 1. The summed E-state index contributed by atoms with van der Waals surface area (Å²) in [5, 5.41) is 0. The maximum Gasteiger partial charge on any atom is 0.271 e. The van der Waals surface area contributed by atoms with Crippen molar-refractivity contribution < 1.29 is 9.53 Å². The van der Waals surface area contributed by atoms with Crippen LogP contribution in [0.25, 0.3) is 6.08 Å². The average Bonchev–Trinajstić information content (AvgIpc) is 3.06. The first-order chi connectivity index (χ1) is 15.8. The molecule has 5 rings (SSSR count). The molecule has 0 spiro atoms. The Hall–Kier alpha value is -3.25. The summed E-state index contributed by atoms with van der Waals surface area (Å²) in [5.41, 5.74) is 4.17. The minimum absolute atomic E-state index is 0.0683. The monoisotopic (exact) mass is 458 g/mol. The lowest BCUT2D eigenvalue weighted by Crippen LogP contribution is -2.42. The summed E-state index contributed by atoms with van der Waals surface area (Å²) in [6.45, 7) is 6.23. The first kappa shape index (κ1) is 21.6. The van der Waals surface area contributed by atoms with E-state index in [4.69, 9.17) is 9.73 Å². The van der Waals surface area contributed by atoms with Crippen LogP contribution in [-0.2, 0) is 4.79 Å². The molecule has 3 aromatic rings. The highest BCUT2D eigenvalue weighted by Gasteiger charge is 2.40. The van der Waals surface area contributed by atoms with Crippen LogP contribution in [0.3, 0.4) is 0 Å². The van der Waals surface area contributed by atoms with Gasteiger partial charge in [-0.2, -0.15) is 0 Å². The van der Waals surface area contributed by atoms with Crippen LogP contribution in [0.4, 0.5) is 0 Å². The Bertz CT molecular complexity index is 1470. The molecule has 0 fully saturated rings. The van der Waals surface area contributed by atoms with Crippen LogP contribution in [0.5, 0.6) is 5.75 Å². The lowest BCUT2D eigenvalue weighted by atomic mass is 9.73. The zero-order valence-corrected chi connectivity index (χ0v) is 20.0. The highest BCUT2D eigenvalue weighted by atomic mass is 32.1. The van der Waals surface area contributed by atoms with Crippen LogP contribution in [0, 0.1) is 12.3 Å². The number of allylic oxidation sites excluding steroid dienone is 2. The van der Waals surface area contributed by atoms with E-state index in [1.807, 2.05) is 55.5 Å². The molecule has 0 saturated carbocycles. The molecule has 1 unspecified atom stereocenters. The van der Waals surface area contributed by atoms with Gasteiger partial charge in [0.2, 0.25) is 0 Å². The van der Waals surface area contributed by atoms with Crippen molar-refractivity contribution in [2.24, 2.45) is 10.4 Å². The molecule has 0 radical (unpaired) electrons. The number of aryl methyl sites for hydroxylation is 1. The number of ether oxygens (including phenoxy) is 1. The Labute approximate surface area is 196 Å². The number of Topliss-reactive ketones (excluding diaryl/α,β-unsaturated/α-hetero) is 1. The molecule has 1 aliphatic heterocycles. The number of aromatic nitrogens is 1. The van der Waals surface area contributed by atoms with Crippen molar-refractivity contribution in [3.63, 3.8) is 0 Å². The van der Waals surface area contributed by atoms with Gasteiger partial charge >= 0.3 is 0 Å². The van der Waals surface area contributed by atoms with Crippen molar-refractivity contribution in [1.29, 1.82) is 0 Å². The molecule has 2 aromatic carbocycles. The third kappa shape index (κ3) is 3.89. The molecule has 1 aromatic heterocycles. The summed E-state index contributed by atoms with van der Waals surface area (Å²) in [7, 11) is 1.62. The molecule has 0 saturated heterocycles. The third-order valence-electron chi connectivity index (χ3n) is 6.27. The number of ketones is 1. The summed E-state index contributed by atoms with van der Waals surface area (Å²) >= 11 is 1.38. The van der Waals surface area contributed by atoms with Crippen LogP contribution < -0.4 is 19.6 Å². The molecule has 33 heavy (non-hydrogen) atoms. The van der Waals surface area contributed by atoms with Gasteiger partial charge in [-0.15, -0.1) is 0 Å². The topological polar surface area (TPSA) is 60.7 Å². The van der Waals surface area contributed by atoms with Gasteiger partial charge in [-0.3, -0.25) is 14.2 Å². The van der Waals surface area contributed by atoms with Gasteiger partial charge in [0.15, 0.2) is 10.6 Å². The largest absolute Gasteiger partial charge is 0.497 e. The van der Waals surface area contributed by atoms with E-state index in [-0.39, 0.29) is 16.8 Å². The van der Waals surface area contributed by atoms with E-state index in [9.17, 15) is 9.59 Å². The molecule has 0 amide bonds. The molecule has 5 nitrogen and oxygen atoms in total. The zero-order chi connectivity index (χ0) is 23.3. The molecule has 2 aliphatic rings. The molecule has 2 heterocycles. The minimum atomic E-state index is -0.481. The second kappa shape index (κ2) is 7.96. The highest BCUT2D eigenvalue weighted by molar-refractivity contribution is 7.07. The fourth-order valence-corrected chi connectivity index (χ4v) is 5.78. The predicted molar refractivity (Wildman–Crippen MR) is 130 cm³/mol. The Morgan fingerprint density at radius 1 is 1.12 bits per heavy atom. The van der Waals surface area contributed by atoms with Crippen molar-refractivity contribution in [3.05, 3.63) is 96.2 Å². The summed E-state index contributed by atoms with van der Waals surface area (Å²) < 4.78 is 7.63. The fourth-order valence-electron chi connectivity index (χ4n) is 4.76. The van der Waals surface area contributed by atoms with E-state index < -0.39 is 6.04 Å². The van der Waals surface area contributed by atoms with E-state index in [0.717, 1.165) is 28.1 Å². The maximum atomic E-state index is 13.6. The molecule has 168 valence electrons. The second-order valence-corrected chi connectivity index (χ2v) is 10.6. The van der Waals surface area contributed by atoms with E-state index in [0.29, 0.717) is 27.7 Å². The quantitative estimate of drug-likeness (QED) is 0.598. The molecule has 1 aliphatic carbocycles. The van der Waals surface area contributed by atoms with Crippen LogP contribution in [0.1, 0.15) is 49.4 Å². The number of benzene rings is 2. The lowest BCUT2D eigenvalue weighted by molar-refractivity contribution is -0.118. The smallest absolute Gasteiger partial charge is 0.271 e. The lowest BCUT2D eigenvalue weighted by Gasteiger charge is -2.35. The highest BCUT2D eigenvalue weighted by Crippen LogP contribution is 2.43. The standard InChI is InChI=1S/C27H26N2O3S/c1-16-6-5-7-17(12-16)13-22-25(31)29-24(18-8-10-19(32-4)11-9-18)23-20(28-26(29)33-22)14-27(2,3)15-21(23)30/h5-13,24H,14-15H2,1-4H3. The number of hydrogen-bond donors (Lipinski definition) is 0. The number of rotatable bonds is 3. The fraction of sp³-hybridized carbons (Fsp3) is 0.296. The van der Waals surface area contributed by atoms with Crippen molar-refractivity contribution in [2.75, 3.05) is 7.11 Å². The maximum absolute atomic E-state index is 13.6.